The number of amides is 1. The van der Waals surface area contributed by atoms with E-state index in [1.807, 2.05) is 4.90 Å². The molecule has 1 amide bonds. The van der Waals surface area contributed by atoms with Crippen LogP contribution in [0.2, 0.25) is 0 Å². The molecular weight excluding hydrogens is 309 g/mol. The molecule has 2 fully saturated rings. The van der Waals surface area contributed by atoms with Gasteiger partial charge in [0, 0.05) is 38.3 Å². The summed E-state index contributed by atoms with van der Waals surface area (Å²) in [5, 5.41) is 0. The number of nitrogens with zero attached hydrogens (tertiary/aromatic N) is 1. The molecule has 0 aliphatic carbocycles. The Morgan fingerprint density at radius 3 is 2.79 bits per heavy atom. The van der Waals surface area contributed by atoms with Crippen LogP contribution in [0.15, 0.2) is 18.2 Å². The van der Waals surface area contributed by atoms with Gasteiger partial charge in [-0.3, -0.25) is 4.79 Å². The Morgan fingerprint density at radius 1 is 1.38 bits per heavy atom. The van der Waals surface area contributed by atoms with Crippen LogP contribution in [-0.4, -0.2) is 50.8 Å². The standard InChI is InChI=1S/C19H26FNO3/c1-14-3-4-15(11-17(14)20)18(22)21-8-5-19(6-9-21)7-10-24-13-16(19)12-23-2/h3-4,11,16H,5-10,12-13H2,1-2H3/t16-/m1/s1. The molecule has 3 rings (SSSR count). The van der Waals surface area contributed by atoms with Crippen LogP contribution in [0.3, 0.4) is 0 Å². The van der Waals surface area contributed by atoms with Crippen molar-refractivity contribution in [3.8, 4) is 0 Å². The van der Waals surface area contributed by atoms with Gasteiger partial charge >= 0.3 is 0 Å². The second kappa shape index (κ2) is 7.19. The van der Waals surface area contributed by atoms with E-state index in [1.165, 1.54) is 6.07 Å². The minimum atomic E-state index is -0.320. The van der Waals surface area contributed by atoms with Crippen LogP contribution in [0.25, 0.3) is 0 Å². The molecule has 1 aromatic carbocycles. The quantitative estimate of drug-likeness (QED) is 0.852. The summed E-state index contributed by atoms with van der Waals surface area (Å²) >= 11 is 0. The van der Waals surface area contributed by atoms with Gasteiger partial charge in [0.25, 0.3) is 5.91 Å². The van der Waals surface area contributed by atoms with Crippen molar-refractivity contribution < 1.29 is 18.7 Å². The van der Waals surface area contributed by atoms with E-state index in [-0.39, 0.29) is 17.1 Å². The lowest BCUT2D eigenvalue weighted by Gasteiger charge is -2.48. The Morgan fingerprint density at radius 2 is 2.12 bits per heavy atom. The highest BCUT2D eigenvalue weighted by molar-refractivity contribution is 5.94. The minimum absolute atomic E-state index is 0.0703. The van der Waals surface area contributed by atoms with Crippen LogP contribution >= 0.6 is 0 Å². The van der Waals surface area contributed by atoms with Crippen molar-refractivity contribution in [2.24, 2.45) is 11.3 Å². The van der Waals surface area contributed by atoms with Crippen molar-refractivity contribution in [3.63, 3.8) is 0 Å². The summed E-state index contributed by atoms with van der Waals surface area (Å²) in [5.74, 6) is 0.00309. The third-order valence-electron chi connectivity index (χ3n) is 5.76. The van der Waals surface area contributed by atoms with E-state index in [4.69, 9.17) is 9.47 Å². The van der Waals surface area contributed by atoms with Crippen LogP contribution in [-0.2, 0) is 9.47 Å². The molecule has 1 aromatic rings. The number of rotatable bonds is 3. The van der Waals surface area contributed by atoms with Crippen LogP contribution in [0.1, 0.15) is 35.2 Å². The smallest absolute Gasteiger partial charge is 0.253 e. The first-order valence-corrected chi connectivity index (χ1v) is 8.68. The number of likely N-dealkylation sites (tertiary alicyclic amines) is 1. The third-order valence-corrected chi connectivity index (χ3v) is 5.76. The Kier molecular flexibility index (Phi) is 5.21. The van der Waals surface area contributed by atoms with Crippen LogP contribution in [0, 0.1) is 24.1 Å². The summed E-state index contributed by atoms with van der Waals surface area (Å²) in [5.41, 5.74) is 1.21. The lowest BCUT2D eigenvalue weighted by molar-refractivity contribution is -0.0912. The normalized spacial score (nSPS) is 23.5. The monoisotopic (exact) mass is 335 g/mol. The Hall–Kier alpha value is -1.46. The van der Waals surface area contributed by atoms with E-state index in [1.54, 1.807) is 26.2 Å². The van der Waals surface area contributed by atoms with E-state index in [2.05, 4.69) is 0 Å². The first kappa shape index (κ1) is 17.4. The zero-order valence-electron chi connectivity index (χ0n) is 14.5. The number of benzene rings is 1. The zero-order valence-corrected chi connectivity index (χ0v) is 14.5. The minimum Gasteiger partial charge on any atom is -0.384 e. The Labute approximate surface area is 142 Å². The molecule has 0 unspecified atom stereocenters. The zero-order chi connectivity index (χ0) is 17.2. The lowest BCUT2D eigenvalue weighted by Crippen LogP contribution is -2.50. The van der Waals surface area contributed by atoms with Crippen molar-refractivity contribution in [2.45, 2.75) is 26.2 Å². The molecule has 0 radical (unpaired) electrons. The molecule has 0 N–H and O–H groups in total. The fraction of sp³-hybridized carbons (Fsp3) is 0.632. The number of aryl methyl sites for hydroxylation is 1. The molecule has 2 aliphatic heterocycles. The number of ether oxygens (including phenoxy) is 2. The first-order chi connectivity index (χ1) is 11.6. The fourth-order valence-electron chi connectivity index (χ4n) is 4.03. The second-order valence-corrected chi connectivity index (χ2v) is 7.10. The van der Waals surface area contributed by atoms with Crippen molar-refractivity contribution in [2.75, 3.05) is 40.0 Å². The van der Waals surface area contributed by atoms with Crippen LogP contribution < -0.4 is 0 Å². The summed E-state index contributed by atoms with van der Waals surface area (Å²) in [4.78, 5) is 14.5. The lowest BCUT2D eigenvalue weighted by atomic mass is 9.66. The predicted molar refractivity (Wildman–Crippen MR) is 89.5 cm³/mol. The van der Waals surface area contributed by atoms with Crippen molar-refractivity contribution in [1.82, 2.24) is 4.90 Å². The number of hydrogen-bond donors (Lipinski definition) is 0. The summed E-state index contributed by atoms with van der Waals surface area (Å²) in [7, 11) is 1.73. The average Bonchev–Trinajstić information content (AvgIpc) is 2.60. The van der Waals surface area contributed by atoms with Crippen molar-refractivity contribution in [3.05, 3.63) is 35.1 Å². The number of methoxy groups -OCH3 is 1. The van der Waals surface area contributed by atoms with E-state index >= 15 is 0 Å². The molecule has 0 aromatic heterocycles. The maximum Gasteiger partial charge on any atom is 0.253 e. The molecule has 1 atom stereocenters. The summed E-state index contributed by atoms with van der Waals surface area (Å²) in [6, 6.07) is 4.73. The Balaban J connectivity index is 1.67. The van der Waals surface area contributed by atoms with E-state index in [9.17, 15) is 9.18 Å². The number of halogens is 1. The highest BCUT2D eigenvalue weighted by Crippen LogP contribution is 2.44. The second-order valence-electron chi connectivity index (χ2n) is 7.10. The number of hydrogen-bond acceptors (Lipinski definition) is 3. The molecule has 0 bridgehead atoms. The Bertz CT molecular complexity index is 594. The van der Waals surface area contributed by atoms with Gasteiger partial charge in [-0.25, -0.2) is 4.39 Å². The summed E-state index contributed by atoms with van der Waals surface area (Å²) in [6.45, 7) is 5.37. The summed E-state index contributed by atoms with van der Waals surface area (Å²) in [6.07, 6.45) is 2.96. The van der Waals surface area contributed by atoms with Gasteiger partial charge in [0.1, 0.15) is 5.82 Å². The van der Waals surface area contributed by atoms with Gasteiger partial charge in [0.2, 0.25) is 0 Å². The fourth-order valence-corrected chi connectivity index (χ4v) is 4.03. The largest absolute Gasteiger partial charge is 0.384 e. The van der Waals surface area contributed by atoms with Gasteiger partial charge in [0.15, 0.2) is 0 Å². The number of carbonyl (C=O) groups excluding carboxylic acids is 1. The molecule has 4 nitrogen and oxygen atoms in total. The highest BCUT2D eigenvalue weighted by atomic mass is 19.1. The van der Waals surface area contributed by atoms with Crippen LogP contribution in [0.4, 0.5) is 4.39 Å². The SMILES string of the molecule is COC[C@@H]1COCCC12CCN(C(=O)c1ccc(C)c(F)c1)CC2. The molecule has 2 aliphatic rings. The van der Waals surface area contributed by atoms with Crippen molar-refractivity contribution >= 4 is 5.91 Å². The van der Waals surface area contributed by atoms with Gasteiger partial charge < -0.3 is 14.4 Å². The van der Waals surface area contributed by atoms with Gasteiger partial charge in [0.05, 0.1) is 13.2 Å². The molecule has 132 valence electrons. The van der Waals surface area contributed by atoms with E-state index in [0.29, 0.717) is 36.7 Å². The van der Waals surface area contributed by atoms with Gasteiger partial charge in [-0.1, -0.05) is 6.07 Å². The number of carbonyl (C=O) groups is 1. The highest BCUT2D eigenvalue weighted by Gasteiger charge is 2.44. The summed E-state index contributed by atoms with van der Waals surface area (Å²) < 4.78 is 24.7. The molecule has 5 heteroatoms. The van der Waals surface area contributed by atoms with Gasteiger partial charge in [-0.15, -0.1) is 0 Å². The maximum atomic E-state index is 13.7. The maximum absolute atomic E-state index is 13.7. The van der Waals surface area contributed by atoms with Gasteiger partial charge in [-0.2, -0.15) is 0 Å². The third kappa shape index (κ3) is 3.33. The predicted octanol–water partition coefficient (Wildman–Crippen LogP) is 3.04. The first-order valence-electron chi connectivity index (χ1n) is 8.68. The number of piperidine rings is 1. The molecule has 0 saturated carbocycles. The molecule has 2 saturated heterocycles. The molecule has 1 spiro atoms. The topological polar surface area (TPSA) is 38.8 Å². The van der Waals surface area contributed by atoms with Crippen LogP contribution in [0.5, 0.6) is 0 Å². The molecular formula is C19H26FNO3. The molecule has 24 heavy (non-hydrogen) atoms. The van der Waals surface area contributed by atoms with E-state index in [0.717, 1.165) is 32.5 Å². The molecule has 2 heterocycles. The van der Waals surface area contributed by atoms with Gasteiger partial charge in [-0.05, 0) is 49.3 Å². The average molecular weight is 335 g/mol. The van der Waals surface area contributed by atoms with Crippen molar-refractivity contribution in [1.29, 1.82) is 0 Å². The van der Waals surface area contributed by atoms with E-state index < -0.39 is 0 Å².